The number of phenols is 1. The molecule has 0 amide bonds. The number of benzene rings is 2. The summed E-state index contributed by atoms with van der Waals surface area (Å²) in [5, 5.41) is 13.4. The molecule has 0 aliphatic carbocycles. The minimum atomic E-state index is 0.139. The first kappa shape index (κ1) is 16.2. The standard InChI is InChI=1S/C18H15ClN6O/c19-12-4-2-5-13(8-12)22-16-15-17(24-18(20)23-16)25(10-21-15)9-11-3-1-6-14(26)7-11/h1-8,10,26H,9H2,(H3,20,22,23,24). The summed E-state index contributed by atoms with van der Waals surface area (Å²) >= 11 is 6.03. The molecular formula is C18H15ClN6O. The van der Waals surface area contributed by atoms with E-state index in [4.69, 9.17) is 17.3 Å². The maximum Gasteiger partial charge on any atom is 0.224 e. The number of imidazole rings is 1. The molecule has 0 aliphatic rings. The number of phenolic OH excluding ortho intramolecular Hbond substituents is 1. The Kier molecular flexibility index (Phi) is 4.06. The van der Waals surface area contributed by atoms with Crippen molar-refractivity contribution < 1.29 is 5.11 Å². The molecule has 8 heteroatoms. The van der Waals surface area contributed by atoms with Gasteiger partial charge in [-0.05, 0) is 35.9 Å². The molecule has 0 bridgehead atoms. The average molecular weight is 367 g/mol. The molecule has 0 unspecified atom stereocenters. The SMILES string of the molecule is Nc1nc(Nc2cccc(Cl)c2)c2ncn(Cc3cccc(O)c3)c2n1. The Morgan fingerprint density at radius 1 is 1.12 bits per heavy atom. The molecule has 4 N–H and O–H groups in total. The van der Waals surface area contributed by atoms with Crippen LogP contribution in [0.5, 0.6) is 5.75 Å². The van der Waals surface area contributed by atoms with Gasteiger partial charge < -0.3 is 20.7 Å². The molecule has 26 heavy (non-hydrogen) atoms. The molecule has 0 spiro atoms. The minimum absolute atomic E-state index is 0.139. The van der Waals surface area contributed by atoms with Gasteiger partial charge in [0, 0.05) is 10.7 Å². The Hall–Kier alpha value is -3.32. The van der Waals surface area contributed by atoms with Crippen LogP contribution >= 0.6 is 11.6 Å². The van der Waals surface area contributed by atoms with E-state index in [0.717, 1.165) is 11.3 Å². The highest BCUT2D eigenvalue weighted by molar-refractivity contribution is 6.30. The zero-order chi connectivity index (χ0) is 18.1. The lowest BCUT2D eigenvalue weighted by atomic mass is 10.2. The van der Waals surface area contributed by atoms with Crippen LogP contribution in [0.2, 0.25) is 5.02 Å². The van der Waals surface area contributed by atoms with Crippen LogP contribution in [0.15, 0.2) is 54.9 Å². The second-order valence-electron chi connectivity index (χ2n) is 5.78. The fourth-order valence-corrected chi connectivity index (χ4v) is 2.91. The lowest BCUT2D eigenvalue weighted by Crippen LogP contribution is -2.04. The van der Waals surface area contributed by atoms with Gasteiger partial charge in [-0.15, -0.1) is 0 Å². The van der Waals surface area contributed by atoms with Gasteiger partial charge >= 0.3 is 0 Å². The van der Waals surface area contributed by atoms with Crippen LogP contribution in [0.25, 0.3) is 11.2 Å². The molecular weight excluding hydrogens is 352 g/mol. The van der Waals surface area contributed by atoms with Gasteiger partial charge in [0.15, 0.2) is 17.0 Å². The molecule has 2 aromatic carbocycles. The minimum Gasteiger partial charge on any atom is -0.508 e. The lowest BCUT2D eigenvalue weighted by molar-refractivity contribution is 0.474. The van der Waals surface area contributed by atoms with Crippen LogP contribution in [-0.4, -0.2) is 24.6 Å². The lowest BCUT2D eigenvalue weighted by Gasteiger charge is -2.08. The molecule has 0 aliphatic heterocycles. The van der Waals surface area contributed by atoms with Crippen LogP contribution < -0.4 is 11.1 Å². The fourth-order valence-electron chi connectivity index (χ4n) is 2.72. The molecule has 4 aromatic rings. The van der Waals surface area contributed by atoms with Gasteiger partial charge in [0.2, 0.25) is 5.95 Å². The smallest absolute Gasteiger partial charge is 0.224 e. The molecule has 0 saturated carbocycles. The Labute approximate surface area is 154 Å². The first-order valence-corrected chi connectivity index (χ1v) is 8.25. The third kappa shape index (κ3) is 3.25. The predicted molar refractivity (Wildman–Crippen MR) is 102 cm³/mol. The van der Waals surface area contributed by atoms with E-state index >= 15 is 0 Å². The topological polar surface area (TPSA) is 102 Å². The summed E-state index contributed by atoms with van der Waals surface area (Å²) in [4.78, 5) is 13.0. The zero-order valence-electron chi connectivity index (χ0n) is 13.6. The van der Waals surface area contributed by atoms with Crippen LogP contribution in [0.1, 0.15) is 5.56 Å². The highest BCUT2D eigenvalue weighted by Gasteiger charge is 2.13. The number of aromatic hydroxyl groups is 1. The average Bonchev–Trinajstić information content (AvgIpc) is 2.98. The highest BCUT2D eigenvalue weighted by atomic mass is 35.5. The maximum absolute atomic E-state index is 9.64. The highest BCUT2D eigenvalue weighted by Crippen LogP contribution is 2.25. The molecule has 2 heterocycles. The van der Waals surface area contributed by atoms with Crippen molar-refractivity contribution in [3.63, 3.8) is 0 Å². The van der Waals surface area contributed by atoms with Gasteiger partial charge in [-0.3, -0.25) is 0 Å². The summed E-state index contributed by atoms with van der Waals surface area (Å²) in [5.74, 6) is 0.855. The van der Waals surface area contributed by atoms with E-state index in [9.17, 15) is 5.11 Å². The number of halogens is 1. The molecule has 4 rings (SSSR count). The Morgan fingerprint density at radius 2 is 1.96 bits per heavy atom. The second-order valence-corrected chi connectivity index (χ2v) is 6.22. The van der Waals surface area contributed by atoms with Crippen molar-refractivity contribution in [1.82, 2.24) is 19.5 Å². The number of nitrogens with zero attached hydrogens (tertiary/aromatic N) is 4. The molecule has 2 aromatic heterocycles. The van der Waals surface area contributed by atoms with Gasteiger partial charge in [0.05, 0.1) is 12.9 Å². The monoisotopic (exact) mass is 366 g/mol. The number of aromatic nitrogens is 4. The third-order valence-electron chi connectivity index (χ3n) is 3.83. The Bertz CT molecular complexity index is 1090. The Balaban J connectivity index is 1.73. The van der Waals surface area contributed by atoms with Gasteiger partial charge in [0.1, 0.15) is 5.75 Å². The van der Waals surface area contributed by atoms with E-state index in [2.05, 4.69) is 20.3 Å². The van der Waals surface area contributed by atoms with Crippen LogP contribution in [0.4, 0.5) is 17.5 Å². The number of hydrogen-bond acceptors (Lipinski definition) is 6. The number of nitrogens with two attached hydrogens (primary N) is 1. The van der Waals surface area contributed by atoms with E-state index < -0.39 is 0 Å². The summed E-state index contributed by atoms with van der Waals surface area (Å²) < 4.78 is 1.85. The normalized spacial score (nSPS) is 11.0. The van der Waals surface area contributed by atoms with Crippen molar-refractivity contribution in [2.45, 2.75) is 6.54 Å². The molecule has 0 radical (unpaired) electrons. The van der Waals surface area contributed by atoms with Crippen molar-refractivity contribution in [2.75, 3.05) is 11.1 Å². The van der Waals surface area contributed by atoms with Crippen molar-refractivity contribution in [3.05, 3.63) is 65.4 Å². The summed E-state index contributed by atoms with van der Waals surface area (Å²) in [6.45, 7) is 0.498. The number of nitrogen functional groups attached to an aromatic ring is 1. The number of nitrogens with one attached hydrogen (secondary N) is 1. The number of fused-ring (bicyclic) bond motifs is 1. The largest absolute Gasteiger partial charge is 0.508 e. The quantitative estimate of drug-likeness (QED) is 0.510. The second kappa shape index (κ2) is 6.53. The van der Waals surface area contributed by atoms with E-state index in [1.165, 1.54) is 0 Å². The van der Waals surface area contributed by atoms with Crippen LogP contribution in [0, 0.1) is 0 Å². The summed E-state index contributed by atoms with van der Waals surface area (Å²) in [7, 11) is 0. The van der Waals surface area contributed by atoms with Gasteiger partial charge in [-0.2, -0.15) is 9.97 Å². The number of rotatable bonds is 4. The summed E-state index contributed by atoms with van der Waals surface area (Å²) in [6, 6.07) is 14.3. The van der Waals surface area contributed by atoms with Crippen molar-refractivity contribution in [3.8, 4) is 5.75 Å². The number of anilines is 3. The number of hydrogen-bond donors (Lipinski definition) is 3. The Morgan fingerprint density at radius 3 is 2.77 bits per heavy atom. The first-order valence-electron chi connectivity index (χ1n) is 7.87. The van der Waals surface area contributed by atoms with E-state index in [1.807, 2.05) is 22.8 Å². The zero-order valence-corrected chi connectivity index (χ0v) is 14.4. The van der Waals surface area contributed by atoms with Crippen molar-refractivity contribution in [2.24, 2.45) is 0 Å². The van der Waals surface area contributed by atoms with Crippen molar-refractivity contribution >= 4 is 40.2 Å². The molecule has 130 valence electrons. The van der Waals surface area contributed by atoms with Gasteiger partial charge in [-0.25, -0.2) is 4.98 Å². The van der Waals surface area contributed by atoms with Crippen molar-refractivity contribution in [1.29, 1.82) is 0 Å². The molecule has 0 atom stereocenters. The first-order chi connectivity index (χ1) is 12.6. The van der Waals surface area contributed by atoms with E-state index in [-0.39, 0.29) is 11.7 Å². The van der Waals surface area contributed by atoms with E-state index in [0.29, 0.717) is 28.5 Å². The predicted octanol–water partition coefficient (Wildman–Crippen LogP) is 3.56. The third-order valence-corrected chi connectivity index (χ3v) is 4.07. The maximum atomic E-state index is 9.64. The molecule has 7 nitrogen and oxygen atoms in total. The van der Waals surface area contributed by atoms with Gasteiger partial charge in [0.25, 0.3) is 0 Å². The van der Waals surface area contributed by atoms with Crippen LogP contribution in [-0.2, 0) is 6.54 Å². The fraction of sp³-hybridized carbons (Fsp3) is 0.0556. The molecule has 0 saturated heterocycles. The van der Waals surface area contributed by atoms with Crippen LogP contribution in [0.3, 0.4) is 0 Å². The van der Waals surface area contributed by atoms with Gasteiger partial charge in [-0.1, -0.05) is 29.8 Å². The van der Waals surface area contributed by atoms with E-state index in [1.54, 1.807) is 36.7 Å². The summed E-state index contributed by atoms with van der Waals surface area (Å²) in [6.07, 6.45) is 1.67. The summed E-state index contributed by atoms with van der Waals surface area (Å²) in [5.41, 5.74) is 8.78. The molecule has 0 fully saturated rings.